The predicted octanol–water partition coefficient (Wildman–Crippen LogP) is 3.63. The van der Waals surface area contributed by atoms with Crippen LogP contribution in [0, 0.1) is 12.8 Å². The van der Waals surface area contributed by atoms with E-state index in [0.29, 0.717) is 11.5 Å². The molecule has 3 rings (SSSR count). The average molecular weight is 382 g/mol. The molecule has 2 heterocycles. The molecule has 0 bridgehead atoms. The molecule has 1 unspecified atom stereocenters. The van der Waals surface area contributed by atoms with Crippen LogP contribution in [0.3, 0.4) is 0 Å². The largest absolute Gasteiger partial charge is 0.352 e. The Labute approximate surface area is 161 Å². The first-order valence-electron chi connectivity index (χ1n) is 8.26. The lowest BCUT2D eigenvalue weighted by molar-refractivity contribution is 0.0944. The van der Waals surface area contributed by atoms with Crippen LogP contribution in [0.4, 0.5) is 0 Å². The second-order valence-corrected chi connectivity index (χ2v) is 6.12. The van der Waals surface area contributed by atoms with E-state index in [2.05, 4.69) is 15.6 Å². The average Bonchev–Trinajstić information content (AvgIpc) is 2.61. The molecule has 1 aromatic heterocycles. The van der Waals surface area contributed by atoms with Crippen molar-refractivity contribution in [3.63, 3.8) is 0 Å². The number of nitrogens with zero attached hydrogens (tertiary/aromatic N) is 1. The van der Waals surface area contributed by atoms with Crippen molar-refractivity contribution in [2.45, 2.75) is 19.8 Å². The lowest BCUT2D eigenvalue weighted by Crippen LogP contribution is -2.38. The summed E-state index contributed by atoms with van der Waals surface area (Å²) < 4.78 is 0. The molecule has 1 atom stereocenters. The maximum Gasteiger partial charge on any atom is 0.253 e. The van der Waals surface area contributed by atoms with Crippen LogP contribution in [0.5, 0.6) is 0 Å². The van der Waals surface area contributed by atoms with Crippen LogP contribution in [-0.2, 0) is 0 Å². The number of aryl methyl sites for hydroxylation is 1. The Hall–Kier alpha value is -1.62. The summed E-state index contributed by atoms with van der Waals surface area (Å²) >= 11 is 0. The van der Waals surface area contributed by atoms with Crippen molar-refractivity contribution in [1.29, 1.82) is 0 Å². The number of carbonyl (C=O) groups excluding carboxylic acids is 1. The number of rotatable bonds is 4. The van der Waals surface area contributed by atoms with Gasteiger partial charge in [-0.25, -0.2) is 0 Å². The van der Waals surface area contributed by atoms with E-state index in [9.17, 15) is 4.79 Å². The summed E-state index contributed by atoms with van der Waals surface area (Å²) in [6.45, 7) is 4.70. The van der Waals surface area contributed by atoms with Crippen LogP contribution in [0.1, 0.15) is 28.9 Å². The van der Waals surface area contributed by atoms with Crippen molar-refractivity contribution in [3.8, 4) is 11.3 Å². The third kappa shape index (κ3) is 5.70. The van der Waals surface area contributed by atoms with E-state index in [4.69, 9.17) is 0 Å². The number of hydrogen-bond acceptors (Lipinski definition) is 3. The molecule has 1 saturated heterocycles. The molecule has 1 aliphatic rings. The predicted molar refractivity (Wildman–Crippen MR) is 107 cm³/mol. The maximum atomic E-state index is 12.4. The number of aromatic nitrogens is 1. The molecule has 0 spiro atoms. The SMILES string of the molecule is Cc1nc(-c2ccccc2)ccc1C(=O)NCC1CCCNC1.Cl.Cl. The first-order valence-corrected chi connectivity index (χ1v) is 8.26. The molecule has 25 heavy (non-hydrogen) atoms. The van der Waals surface area contributed by atoms with Crippen molar-refractivity contribution < 1.29 is 4.79 Å². The van der Waals surface area contributed by atoms with Crippen LogP contribution < -0.4 is 10.6 Å². The fourth-order valence-corrected chi connectivity index (χ4v) is 3.00. The number of amides is 1. The van der Waals surface area contributed by atoms with E-state index >= 15 is 0 Å². The van der Waals surface area contributed by atoms with Crippen LogP contribution in [0.15, 0.2) is 42.5 Å². The molecule has 1 amide bonds. The van der Waals surface area contributed by atoms with Crippen molar-refractivity contribution in [2.75, 3.05) is 19.6 Å². The Morgan fingerprint density at radius 2 is 1.96 bits per heavy atom. The van der Waals surface area contributed by atoms with Gasteiger partial charge in [0.25, 0.3) is 5.91 Å². The van der Waals surface area contributed by atoms with Gasteiger partial charge in [0.1, 0.15) is 0 Å². The van der Waals surface area contributed by atoms with Crippen molar-refractivity contribution in [1.82, 2.24) is 15.6 Å². The van der Waals surface area contributed by atoms with Gasteiger partial charge in [0, 0.05) is 12.1 Å². The minimum Gasteiger partial charge on any atom is -0.352 e. The Kier molecular flexibility index (Phi) is 8.90. The highest BCUT2D eigenvalue weighted by Crippen LogP contribution is 2.18. The van der Waals surface area contributed by atoms with Crippen LogP contribution in [-0.4, -0.2) is 30.5 Å². The number of piperidine rings is 1. The maximum absolute atomic E-state index is 12.4. The summed E-state index contributed by atoms with van der Waals surface area (Å²) in [5, 5.41) is 6.42. The molecule has 4 nitrogen and oxygen atoms in total. The lowest BCUT2D eigenvalue weighted by atomic mass is 9.99. The molecule has 0 saturated carbocycles. The second kappa shape index (κ2) is 10.4. The molecule has 0 aliphatic carbocycles. The second-order valence-electron chi connectivity index (χ2n) is 6.12. The molecule has 1 aliphatic heterocycles. The number of hydrogen-bond donors (Lipinski definition) is 2. The molecule has 1 fully saturated rings. The summed E-state index contributed by atoms with van der Waals surface area (Å²) in [6.07, 6.45) is 2.37. The third-order valence-corrected chi connectivity index (χ3v) is 4.35. The first-order chi connectivity index (χ1) is 11.2. The van der Waals surface area contributed by atoms with Crippen LogP contribution >= 0.6 is 24.8 Å². The fraction of sp³-hybridized carbons (Fsp3) is 0.368. The molecule has 1 aromatic carbocycles. The van der Waals surface area contributed by atoms with Crippen LogP contribution in [0.25, 0.3) is 11.3 Å². The Morgan fingerprint density at radius 1 is 1.20 bits per heavy atom. The Bertz CT molecular complexity index is 674. The smallest absolute Gasteiger partial charge is 0.253 e. The van der Waals surface area contributed by atoms with Gasteiger partial charge >= 0.3 is 0 Å². The zero-order chi connectivity index (χ0) is 16.1. The molecule has 6 heteroatoms. The van der Waals surface area contributed by atoms with Crippen molar-refractivity contribution in [3.05, 3.63) is 53.7 Å². The van der Waals surface area contributed by atoms with Gasteiger partial charge < -0.3 is 10.6 Å². The highest BCUT2D eigenvalue weighted by atomic mass is 35.5. The number of pyridine rings is 1. The van der Waals surface area contributed by atoms with E-state index in [-0.39, 0.29) is 30.7 Å². The Balaban J connectivity index is 0.00000156. The zero-order valence-corrected chi connectivity index (χ0v) is 16.0. The molecular weight excluding hydrogens is 357 g/mol. The summed E-state index contributed by atoms with van der Waals surface area (Å²) in [4.78, 5) is 17.0. The topological polar surface area (TPSA) is 54.0 Å². The minimum absolute atomic E-state index is 0. The van der Waals surface area contributed by atoms with Crippen molar-refractivity contribution in [2.24, 2.45) is 5.92 Å². The van der Waals surface area contributed by atoms with Gasteiger partial charge in [-0.2, -0.15) is 0 Å². The van der Waals surface area contributed by atoms with Gasteiger partial charge in [-0.1, -0.05) is 30.3 Å². The Morgan fingerprint density at radius 3 is 2.60 bits per heavy atom. The highest BCUT2D eigenvalue weighted by molar-refractivity contribution is 5.95. The van der Waals surface area contributed by atoms with E-state index in [1.807, 2.05) is 49.4 Å². The summed E-state index contributed by atoms with van der Waals surface area (Å²) in [5.74, 6) is 0.504. The quantitative estimate of drug-likeness (QED) is 0.849. The number of benzene rings is 1. The van der Waals surface area contributed by atoms with E-state index < -0.39 is 0 Å². The van der Waals surface area contributed by atoms with Gasteiger partial charge in [0.05, 0.1) is 17.0 Å². The summed E-state index contributed by atoms with van der Waals surface area (Å²) in [7, 11) is 0. The zero-order valence-electron chi connectivity index (χ0n) is 14.3. The third-order valence-electron chi connectivity index (χ3n) is 4.35. The van der Waals surface area contributed by atoms with Gasteiger partial charge in [-0.05, 0) is 50.9 Å². The van der Waals surface area contributed by atoms with E-state index in [1.54, 1.807) is 0 Å². The molecular formula is C19H25Cl2N3O. The van der Waals surface area contributed by atoms with Crippen molar-refractivity contribution >= 4 is 30.7 Å². The standard InChI is InChI=1S/C19H23N3O.2ClH/c1-14-17(19(23)21-13-15-6-5-11-20-12-15)9-10-18(22-14)16-7-3-2-4-8-16;;/h2-4,7-10,15,20H,5-6,11-13H2,1H3,(H,21,23);2*1H. The monoisotopic (exact) mass is 381 g/mol. The number of halogens is 2. The normalized spacial score (nSPS) is 16.3. The van der Waals surface area contributed by atoms with E-state index in [1.165, 1.54) is 12.8 Å². The van der Waals surface area contributed by atoms with Gasteiger partial charge in [-0.3, -0.25) is 9.78 Å². The van der Waals surface area contributed by atoms with Gasteiger partial charge in [0.15, 0.2) is 0 Å². The fourth-order valence-electron chi connectivity index (χ4n) is 3.00. The molecule has 0 radical (unpaired) electrons. The van der Waals surface area contributed by atoms with Gasteiger partial charge in [-0.15, -0.1) is 24.8 Å². The molecule has 2 aromatic rings. The van der Waals surface area contributed by atoms with E-state index in [0.717, 1.165) is 36.6 Å². The number of nitrogens with one attached hydrogen (secondary N) is 2. The molecule has 136 valence electrons. The van der Waals surface area contributed by atoms with Crippen LogP contribution in [0.2, 0.25) is 0 Å². The lowest BCUT2D eigenvalue weighted by Gasteiger charge is -2.23. The summed E-state index contributed by atoms with van der Waals surface area (Å²) in [5.41, 5.74) is 3.39. The molecule has 2 N–H and O–H groups in total. The highest BCUT2D eigenvalue weighted by Gasteiger charge is 2.16. The number of carbonyl (C=O) groups is 1. The minimum atomic E-state index is -0.0276. The summed E-state index contributed by atoms with van der Waals surface area (Å²) in [6, 6.07) is 13.8. The van der Waals surface area contributed by atoms with Gasteiger partial charge in [0.2, 0.25) is 0 Å². The first kappa shape index (κ1) is 21.4.